The highest BCUT2D eigenvalue weighted by atomic mass is 19.1. The summed E-state index contributed by atoms with van der Waals surface area (Å²) in [7, 11) is 0. The molecule has 4 nitrogen and oxygen atoms in total. The molecule has 0 aliphatic carbocycles. The highest BCUT2D eigenvalue weighted by Gasteiger charge is 2.23. The van der Waals surface area contributed by atoms with E-state index in [1.165, 1.54) is 55.5 Å². The van der Waals surface area contributed by atoms with E-state index in [9.17, 15) is 22.8 Å². The number of fused-ring (bicyclic) bond motifs is 1. The number of benzene rings is 3. The van der Waals surface area contributed by atoms with Crippen LogP contribution in [0, 0.1) is 24.4 Å². The highest BCUT2D eigenvalue weighted by molar-refractivity contribution is 6.08. The Hall–Kier alpha value is -3.87. The van der Waals surface area contributed by atoms with Gasteiger partial charge >= 0.3 is 0 Å². The maximum absolute atomic E-state index is 14.6. The average molecular weight is 422 g/mol. The second-order valence-corrected chi connectivity index (χ2v) is 7.03. The predicted octanol–water partition coefficient (Wildman–Crippen LogP) is 4.65. The van der Waals surface area contributed by atoms with Crippen molar-refractivity contribution in [3.05, 3.63) is 111 Å². The Bertz CT molecular complexity index is 1380. The van der Waals surface area contributed by atoms with Crippen LogP contribution >= 0.6 is 0 Å². The Morgan fingerprint density at radius 2 is 1.65 bits per heavy atom. The molecule has 1 heterocycles. The highest BCUT2D eigenvalue weighted by Crippen LogP contribution is 2.25. The zero-order chi connectivity index (χ0) is 22.1. The molecule has 4 rings (SSSR count). The van der Waals surface area contributed by atoms with Crippen LogP contribution in [0.25, 0.3) is 16.5 Å². The van der Waals surface area contributed by atoms with E-state index in [4.69, 9.17) is 0 Å². The number of hydrogen-bond donors (Lipinski definition) is 1. The van der Waals surface area contributed by atoms with Crippen LogP contribution in [0.15, 0.2) is 71.5 Å². The van der Waals surface area contributed by atoms with Gasteiger partial charge in [-0.05, 0) is 42.8 Å². The molecule has 1 aromatic heterocycles. The molecule has 0 aliphatic rings. The normalized spacial score (nSPS) is 11.0. The van der Waals surface area contributed by atoms with Gasteiger partial charge in [0.05, 0.1) is 16.6 Å². The van der Waals surface area contributed by atoms with Gasteiger partial charge < -0.3 is 5.32 Å². The number of para-hydroxylation sites is 1. The SMILES string of the molecule is Cc1c(C(=O)NCc2cccc(F)c2)c2cccc(F)c2c(=O)n1-c1ccccc1F. The number of amides is 1. The third-order valence-corrected chi connectivity index (χ3v) is 5.06. The second-order valence-electron chi connectivity index (χ2n) is 7.03. The van der Waals surface area contributed by atoms with Gasteiger partial charge in [0.2, 0.25) is 0 Å². The Kier molecular flexibility index (Phi) is 5.33. The molecule has 1 amide bonds. The molecule has 0 radical (unpaired) electrons. The number of rotatable bonds is 4. The van der Waals surface area contributed by atoms with Gasteiger partial charge in [0.1, 0.15) is 17.5 Å². The van der Waals surface area contributed by atoms with Gasteiger partial charge in [0, 0.05) is 17.6 Å². The summed E-state index contributed by atoms with van der Waals surface area (Å²) in [6.45, 7) is 1.51. The van der Waals surface area contributed by atoms with E-state index in [2.05, 4.69) is 5.32 Å². The Labute approximate surface area is 175 Å². The Balaban J connectivity index is 1.90. The zero-order valence-corrected chi connectivity index (χ0v) is 16.5. The third-order valence-electron chi connectivity index (χ3n) is 5.06. The van der Waals surface area contributed by atoms with E-state index in [-0.39, 0.29) is 34.3 Å². The van der Waals surface area contributed by atoms with Crippen molar-refractivity contribution < 1.29 is 18.0 Å². The van der Waals surface area contributed by atoms with Crippen molar-refractivity contribution in [2.45, 2.75) is 13.5 Å². The van der Waals surface area contributed by atoms with Crippen molar-refractivity contribution in [3.63, 3.8) is 0 Å². The Morgan fingerprint density at radius 1 is 0.935 bits per heavy atom. The molecule has 156 valence electrons. The summed E-state index contributed by atoms with van der Waals surface area (Å²) in [5, 5.41) is 2.48. The van der Waals surface area contributed by atoms with Gasteiger partial charge in [-0.1, -0.05) is 36.4 Å². The number of nitrogens with one attached hydrogen (secondary N) is 1. The van der Waals surface area contributed by atoms with Gasteiger partial charge in [0.15, 0.2) is 0 Å². The monoisotopic (exact) mass is 422 g/mol. The lowest BCUT2D eigenvalue weighted by Crippen LogP contribution is -2.30. The van der Waals surface area contributed by atoms with Crippen molar-refractivity contribution in [1.29, 1.82) is 0 Å². The van der Waals surface area contributed by atoms with Crippen LogP contribution in [-0.4, -0.2) is 10.5 Å². The fourth-order valence-electron chi connectivity index (χ4n) is 3.65. The lowest BCUT2D eigenvalue weighted by Gasteiger charge is -2.18. The van der Waals surface area contributed by atoms with Gasteiger partial charge in [-0.3, -0.25) is 14.2 Å². The average Bonchev–Trinajstić information content (AvgIpc) is 2.73. The van der Waals surface area contributed by atoms with Crippen molar-refractivity contribution in [1.82, 2.24) is 9.88 Å². The van der Waals surface area contributed by atoms with Crippen molar-refractivity contribution in [2.75, 3.05) is 0 Å². The minimum Gasteiger partial charge on any atom is -0.348 e. The second kappa shape index (κ2) is 8.10. The molecule has 0 spiro atoms. The molecular formula is C24H17F3N2O2. The van der Waals surface area contributed by atoms with Gasteiger partial charge in [-0.25, -0.2) is 13.2 Å². The maximum atomic E-state index is 14.6. The molecule has 31 heavy (non-hydrogen) atoms. The first-order chi connectivity index (χ1) is 14.9. The van der Waals surface area contributed by atoms with Crippen molar-refractivity contribution in [3.8, 4) is 5.69 Å². The number of nitrogens with zero attached hydrogens (tertiary/aromatic N) is 1. The van der Waals surface area contributed by atoms with E-state index in [0.29, 0.717) is 5.56 Å². The van der Waals surface area contributed by atoms with E-state index in [0.717, 1.165) is 10.6 Å². The van der Waals surface area contributed by atoms with E-state index in [1.54, 1.807) is 12.1 Å². The summed E-state index contributed by atoms with van der Waals surface area (Å²) in [6, 6.07) is 15.3. The topological polar surface area (TPSA) is 51.1 Å². The maximum Gasteiger partial charge on any atom is 0.266 e. The van der Waals surface area contributed by atoms with Crippen LogP contribution in [0.5, 0.6) is 0 Å². The van der Waals surface area contributed by atoms with Crippen molar-refractivity contribution >= 4 is 16.7 Å². The number of carbonyl (C=O) groups excluding carboxylic acids is 1. The molecule has 0 atom stereocenters. The van der Waals surface area contributed by atoms with Gasteiger partial charge in [0.25, 0.3) is 11.5 Å². The number of carbonyl (C=O) groups is 1. The molecule has 4 aromatic rings. The third kappa shape index (κ3) is 3.70. The zero-order valence-electron chi connectivity index (χ0n) is 16.5. The minimum absolute atomic E-state index is 0.0195. The quantitative estimate of drug-likeness (QED) is 0.521. The summed E-state index contributed by atoms with van der Waals surface area (Å²) in [6.07, 6.45) is 0. The summed E-state index contributed by atoms with van der Waals surface area (Å²) in [5.74, 6) is -2.53. The number of aromatic nitrogens is 1. The molecule has 0 saturated heterocycles. The largest absolute Gasteiger partial charge is 0.348 e. The molecule has 0 fully saturated rings. The summed E-state index contributed by atoms with van der Waals surface area (Å²) < 4.78 is 43.5. The van der Waals surface area contributed by atoms with Crippen molar-refractivity contribution in [2.24, 2.45) is 0 Å². The first kappa shape index (κ1) is 20.4. The first-order valence-corrected chi connectivity index (χ1v) is 9.50. The molecule has 3 aromatic carbocycles. The summed E-state index contributed by atoms with van der Waals surface area (Å²) >= 11 is 0. The van der Waals surface area contributed by atoms with Crippen LogP contribution in [0.3, 0.4) is 0 Å². The lowest BCUT2D eigenvalue weighted by molar-refractivity contribution is 0.0951. The van der Waals surface area contributed by atoms with Crippen LogP contribution in [0.4, 0.5) is 13.2 Å². The van der Waals surface area contributed by atoms with Gasteiger partial charge in [-0.2, -0.15) is 0 Å². The van der Waals surface area contributed by atoms with Crippen LogP contribution in [0.1, 0.15) is 21.6 Å². The summed E-state index contributed by atoms with van der Waals surface area (Å²) in [5.41, 5.74) is -0.130. The summed E-state index contributed by atoms with van der Waals surface area (Å²) in [4.78, 5) is 26.2. The number of pyridine rings is 1. The molecule has 0 unspecified atom stereocenters. The van der Waals surface area contributed by atoms with Crippen LogP contribution in [-0.2, 0) is 6.54 Å². The predicted molar refractivity (Wildman–Crippen MR) is 112 cm³/mol. The molecular weight excluding hydrogens is 405 g/mol. The molecule has 7 heteroatoms. The van der Waals surface area contributed by atoms with Crippen LogP contribution in [0.2, 0.25) is 0 Å². The van der Waals surface area contributed by atoms with Gasteiger partial charge in [-0.15, -0.1) is 0 Å². The Morgan fingerprint density at radius 3 is 2.39 bits per heavy atom. The number of hydrogen-bond acceptors (Lipinski definition) is 2. The molecule has 0 saturated carbocycles. The standard InChI is InChI=1S/C24H17F3N2O2/c1-14-21(23(30)28-13-15-6-4-7-16(25)12-15)17-8-5-10-19(27)22(17)24(31)29(14)20-11-3-2-9-18(20)26/h2-12H,13H2,1H3,(H,28,30). The first-order valence-electron chi connectivity index (χ1n) is 9.50. The van der Waals surface area contributed by atoms with E-state index >= 15 is 0 Å². The molecule has 1 N–H and O–H groups in total. The fourth-order valence-corrected chi connectivity index (χ4v) is 3.65. The van der Waals surface area contributed by atoms with E-state index < -0.39 is 28.9 Å². The lowest BCUT2D eigenvalue weighted by atomic mass is 10.0. The minimum atomic E-state index is -0.813. The smallest absolute Gasteiger partial charge is 0.266 e. The van der Waals surface area contributed by atoms with E-state index in [1.807, 2.05) is 0 Å². The van der Waals surface area contributed by atoms with Crippen LogP contribution < -0.4 is 10.9 Å². The molecule has 0 aliphatic heterocycles. The fraction of sp³-hybridized carbons (Fsp3) is 0.0833. The molecule has 0 bridgehead atoms. The number of halogens is 3.